The maximum absolute atomic E-state index is 13.1. The van der Waals surface area contributed by atoms with Crippen LogP contribution in [0.15, 0.2) is 42.5 Å². The highest BCUT2D eigenvalue weighted by atomic mass is 19.1. The average molecular weight is 344 g/mol. The van der Waals surface area contributed by atoms with Crippen LogP contribution in [0.1, 0.15) is 6.92 Å². The molecule has 3 rings (SSSR count). The molecule has 2 aromatic rings. The molecule has 1 N–H and O–H groups in total. The van der Waals surface area contributed by atoms with E-state index < -0.39 is 11.7 Å². The quantitative estimate of drug-likeness (QED) is 0.926. The van der Waals surface area contributed by atoms with Crippen molar-refractivity contribution in [2.24, 2.45) is 0 Å². The minimum absolute atomic E-state index is 0.0949. The van der Waals surface area contributed by atoms with Crippen LogP contribution in [0, 0.1) is 5.82 Å². The molecule has 2 amide bonds. The number of hydrogen-bond acceptors (Lipinski definition) is 4. The van der Waals surface area contributed by atoms with Gasteiger partial charge in [0.15, 0.2) is 6.61 Å². The van der Waals surface area contributed by atoms with Crippen LogP contribution in [0.4, 0.5) is 15.8 Å². The van der Waals surface area contributed by atoms with Gasteiger partial charge in [0.2, 0.25) is 5.91 Å². The Kier molecular flexibility index (Phi) is 4.83. The van der Waals surface area contributed by atoms with Gasteiger partial charge < -0.3 is 19.7 Å². The Hall–Kier alpha value is -3.09. The molecule has 7 heteroatoms. The predicted molar refractivity (Wildman–Crippen MR) is 90.5 cm³/mol. The zero-order valence-electron chi connectivity index (χ0n) is 13.6. The van der Waals surface area contributed by atoms with Crippen molar-refractivity contribution in [3.63, 3.8) is 0 Å². The average Bonchev–Trinajstić information content (AvgIpc) is 2.59. The Bertz CT molecular complexity index is 809. The highest BCUT2D eigenvalue weighted by Crippen LogP contribution is 2.34. The van der Waals surface area contributed by atoms with Crippen molar-refractivity contribution >= 4 is 23.2 Å². The largest absolute Gasteiger partial charge is 0.490 e. The van der Waals surface area contributed by atoms with E-state index in [4.69, 9.17) is 9.47 Å². The summed E-state index contributed by atoms with van der Waals surface area (Å²) in [5.41, 5.74) is 1.13. The van der Waals surface area contributed by atoms with Gasteiger partial charge >= 0.3 is 0 Å². The van der Waals surface area contributed by atoms with Gasteiger partial charge in [0.25, 0.3) is 5.91 Å². The second-order valence-corrected chi connectivity index (χ2v) is 5.50. The van der Waals surface area contributed by atoms with Crippen LogP contribution in [-0.4, -0.2) is 31.6 Å². The van der Waals surface area contributed by atoms with Crippen molar-refractivity contribution in [1.29, 1.82) is 0 Å². The van der Waals surface area contributed by atoms with Gasteiger partial charge in [-0.1, -0.05) is 6.07 Å². The number of hydrogen-bond donors (Lipinski definition) is 1. The van der Waals surface area contributed by atoms with Crippen LogP contribution < -0.4 is 19.7 Å². The Balaban J connectivity index is 1.65. The number of fused-ring (bicyclic) bond motifs is 1. The number of carbonyl (C=O) groups is 2. The van der Waals surface area contributed by atoms with E-state index in [1.54, 1.807) is 29.2 Å². The van der Waals surface area contributed by atoms with Crippen LogP contribution in [-0.2, 0) is 9.59 Å². The normalized spacial score (nSPS) is 12.8. The highest BCUT2D eigenvalue weighted by Gasteiger charge is 2.21. The number of nitrogens with one attached hydrogen (secondary N) is 1. The molecule has 130 valence electrons. The number of ether oxygens (including phenoxy) is 2. The van der Waals surface area contributed by atoms with E-state index in [2.05, 4.69) is 5.32 Å². The molecule has 0 radical (unpaired) electrons. The lowest BCUT2D eigenvalue weighted by Gasteiger charge is -2.29. The van der Waals surface area contributed by atoms with Gasteiger partial charge in [-0.3, -0.25) is 9.59 Å². The van der Waals surface area contributed by atoms with E-state index in [0.717, 1.165) is 0 Å². The molecule has 0 spiro atoms. The lowest BCUT2D eigenvalue weighted by Crippen LogP contribution is -2.36. The molecule has 25 heavy (non-hydrogen) atoms. The number of halogens is 1. The van der Waals surface area contributed by atoms with Crippen LogP contribution in [0.5, 0.6) is 11.5 Å². The van der Waals surface area contributed by atoms with Crippen LogP contribution in [0.2, 0.25) is 0 Å². The number of benzene rings is 2. The molecular weight excluding hydrogens is 327 g/mol. The summed E-state index contributed by atoms with van der Waals surface area (Å²) in [7, 11) is 0. The molecule has 0 unspecified atom stereocenters. The Morgan fingerprint density at radius 2 is 2.12 bits per heavy atom. The number of nitrogens with zero attached hydrogens (tertiary/aromatic N) is 1. The van der Waals surface area contributed by atoms with Crippen LogP contribution >= 0.6 is 0 Å². The molecule has 2 aromatic carbocycles. The third-order valence-corrected chi connectivity index (χ3v) is 3.65. The topological polar surface area (TPSA) is 67.9 Å². The van der Waals surface area contributed by atoms with Gasteiger partial charge in [0.05, 0.1) is 12.2 Å². The van der Waals surface area contributed by atoms with E-state index in [0.29, 0.717) is 30.3 Å². The van der Waals surface area contributed by atoms with Crippen molar-refractivity contribution in [3.05, 3.63) is 48.3 Å². The Morgan fingerprint density at radius 1 is 1.28 bits per heavy atom. The highest BCUT2D eigenvalue weighted by molar-refractivity contribution is 5.96. The zero-order valence-corrected chi connectivity index (χ0v) is 13.6. The van der Waals surface area contributed by atoms with Crippen molar-refractivity contribution in [2.45, 2.75) is 6.92 Å². The van der Waals surface area contributed by atoms with E-state index in [-0.39, 0.29) is 18.3 Å². The van der Waals surface area contributed by atoms with E-state index in [1.807, 2.05) is 0 Å². The van der Waals surface area contributed by atoms with Crippen molar-refractivity contribution < 1.29 is 23.5 Å². The summed E-state index contributed by atoms with van der Waals surface area (Å²) in [6, 6.07) is 10.6. The number of carbonyl (C=O) groups excluding carboxylic acids is 2. The van der Waals surface area contributed by atoms with Crippen molar-refractivity contribution in [3.8, 4) is 11.5 Å². The maximum Gasteiger partial charge on any atom is 0.262 e. The molecule has 1 aliphatic rings. The van der Waals surface area contributed by atoms with Gasteiger partial charge in [-0.25, -0.2) is 4.39 Å². The van der Waals surface area contributed by atoms with Gasteiger partial charge in [0.1, 0.15) is 23.9 Å². The summed E-state index contributed by atoms with van der Waals surface area (Å²) in [6.45, 7) is 2.11. The first-order valence-electron chi connectivity index (χ1n) is 7.76. The summed E-state index contributed by atoms with van der Waals surface area (Å²) in [6.07, 6.45) is 0. The van der Waals surface area contributed by atoms with Gasteiger partial charge in [-0.05, 0) is 30.3 Å². The molecule has 1 heterocycles. The lowest BCUT2D eigenvalue weighted by molar-refractivity contribution is -0.118. The van der Waals surface area contributed by atoms with E-state index in [9.17, 15) is 14.0 Å². The summed E-state index contributed by atoms with van der Waals surface area (Å²) < 4.78 is 23.8. The lowest BCUT2D eigenvalue weighted by atomic mass is 10.2. The van der Waals surface area contributed by atoms with Crippen LogP contribution in [0.3, 0.4) is 0 Å². The molecule has 0 bridgehead atoms. The molecule has 0 aromatic heterocycles. The first-order chi connectivity index (χ1) is 12.0. The number of anilines is 2. The molecular formula is C18H17FN2O4. The molecule has 0 atom stereocenters. The smallest absolute Gasteiger partial charge is 0.262 e. The molecule has 0 aliphatic carbocycles. The predicted octanol–water partition coefficient (Wildman–Crippen LogP) is 2.59. The van der Waals surface area contributed by atoms with Crippen molar-refractivity contribution in [1.82, 2.24) is 0 Å². The fraction of sp³-hybridized carbons (Fsp3) is 0.222. The number of rotatable bonds is 4. The monoisotopic (exact) mass is 344 g/mol. The summed E-state index contributed by atoms with van der Waals surface area (Å²) in [5, 5.41) is 2.69. The Labute approximate surface area is 144 Å². The molecule has 1 aliphatic heterocycles. The van der Waals surface area contributed by atoms with E-state index in [1.165, 1.54) is 25.1 Å². The zero-order chi connectivity index (χ0) is 17.8. The van der Waals surface area contributed by atoms with Crippen molar-refractivity contribution in [2.75, 3.05) is 30.0 Å². The van der Waals surface area contributed by atoms with Gasteiger partial charge in [-0.15, -0.1) is 0 Å². The second kappa shape index (κ2) is 7.21. The number of amides is 2. The third kappa shape index (κ3) is 4.06. The maximum atomic E-state index is 13.1. The minimum Gasteiger partial charge on any atom is -0.490 e. The van der Waals surface area contributed by atoms with E-state index >= 15 is 0 Å². The molecule has 0 saturated heterocycles. The third-order valence-electron chi connectivity index (χ3n) is 3.65. The minimum atomic E-state index is -0.433. The molecule has 0 saturated carbocycles. The molecule has 0 fully saturated rings. The SMILES string of the molecule is CC(=O)N1CCOc2ccc(NC(=O)COc3cccc(F)c3)cc21. The summed E-state index contributed by atoms with van der Waals surface area (Å²) in [5.74, 6) is -0.0538. The molecule has 6 nitrogen and oxygen atoms in total. The van der Waals surface area contributed by atoms with Crippen LogP contribution in [0.25, 0.3) is 0 Å². The second-order valence-electron chi connectivity index (χ2n) is 5.50. The van der Waals surface area contributed by atoms with Gasteiger partial charge in [0, 0.05) is 18.7 Å². The first kappa shape index (κ1) is 16.8. The fourth-order valence-electron chi connectivity index (χ4n) is 2.53. The van der Waals surface area contributed by atoms with Gasteiger partial charge in [-0.2, -0.15) is 0 Å². The summed E-state index contributed by atoms with van der Waals surface area (Å²) >= 11 is 0. The first-order valence-corrected chi connectivity index (χ1v) is 7.76. The Morgan fingerprint density at radius 3 is 2.88 bits per heavy atom. The fourth-order valence-corrected chi connectivity index (χ4v) is 2.53. The summed E-state index contributed by atoms with van der Waals surface area (Å²) in [4.78, 5) is 25.3. The standard InChI is InChI=1S/C18H17FN2O4/c1-12(22)21-7-8-24-17-6-5-14(10-16(17)21)20-18(23)11-25-15-4-2-3-13(19)9-15/h2-6,9-10H,7-8,11H2,1H3,(H,20,23).